The van der Waals surface area contributed by atoms with Crippen LogP contribution in [-0.4, -0.2) is 6.08 Å². The van der Waals surface area contributed by atoms with E-state index in [0.29, 0.717) is 0 Å². The molecule has 1 heterocycles. The van der Waals surface area contributed by atoms with Gasteiger partial charge in [-0.15, -0.1) is 0 Å². The molecular weight excluding hydrogens is 170 g/mol. The van der Waals surface area contributed by atoms with Gasteiger partial charge in [-0.2, -0.15) is 16.3 Å². The second kappa shape index (κ2) is 3.21. The average Bonchev–Trinajstić information content (AvgIpc) is 2.35. The van der Waals surface area contributed by atoms with Crippen LogP contribution in [0.3, 0.4) is 0 Å². The maximum Gasteiger partial charge on any atom is 0.235 e. The average molecular weight is 181 g/mol. The van der Waals surface area contributed by atoms with Crippen LogP contribution in [0.1, 0.15) is 25.0 Å². The molecule has 12 heavy (non-hydrogen) atoms. The first-order valence-electron chi connectivity index (χ1n) is 3.70. The lowest BCUT2D eigenvalue weighted by Gasteiger charge is -2.16. The second-order valence-electron chi connectivity index (χ2n) is 3.23. The van der Waals surface area contributed by atoms with Crippen LogP contribution in [0.25, 0.3) is 0 Å². The molecule has 0 amide bonds. The minimum Gasteiger partial charge on any atom is -0.211 e. The Bertz CT molecular complexity index is 321. The summed E-state index contributed by atoms with van der Waals surface area (Å²) in [5.41, 5.74) is 1.87. The summed E-state index contributed by atoms with van der Waals surface area (Å²) in [5.74, 6) is 0. The number of aliphatic imine (C=N–C) groups is 1. The van der Waals surface area contributed by atoms with Crippen molar-refractivity contribution in [3.8, 4) is 0 Å². The highest BCUT2D eigenvalue weighted by Crippen LogP contribution is 2.29. The Balaban J connectivity index is 3.12. The van der Waals surface area contributed by atoms with Gasteiger partial charge >= 0.3 is 0 Å². The third kappa shape index (κ3) is 1.63. The zero-order valence-corrected chi connectivity index (χ0v) is 8.23. The predicted molar refractivity (Wildman–Crippen MR) is 50.2 cm³/mol. The van der Waals surface area contributed by atoms with Crippen molar-refractivity contribution in [2.45, 2.75) is 26.3 Å². The first kappa shape index (κ1) is 9.17. The number of rotatable bonds is 2. The summed E-state index contributed by atoms with van der Waals surface area (Å²) in [7, 11) is 0. The quantitative estimate of drug-likeness (QED) is 0.509. The van der Waals surface area contributed by atoms with Crippen molar-refractivity contribution >= 4 is 17.4 Å². The van der Waals surface area contributed by atoms with Crippen LogP contribution in [0.15, 0.2) is 15.8 Å². The highest BCUT2D eigenvalue weighted by Gasteiger charge is 2.21. The summed E-state index contributed by atoms with van der Waals surface area (Å²) in [6, 6.07) is 0. The number of aryl methyl sites for hydroxylation is 1. The van der Waals surface area contributed by atoms with Crippen LogP contribution in [-0.2, 0) is 10.3 Å². The Morgan fingerprint density at radius 3 is 2.58 bits per heavy atom. The third-order valence-corrected chi connectivity index (χ3v) is 2.70. The van der Waals surface area contributed by atoms with E-state index in [1.807, 2.05) is 26.2 Å². The van der Waals surface area contributed by atoms with Gasteiger partial charge in [-0.3, -0.25) is 0 Å². The zero-order chi connectivity index (χ0) is 9.19. The van der Waals surface area contributed by atoms with Crippen LogP contribution in [0.2, 0.25) is 0 Å². The summed E-state index contributed by atoms with van der Waals surface area (Å²) in [5, 5.41) is 4.08. The molecule has 0 aromatic carbocycles. The van der Waals surface area contributed by atoms with Crippen LogP contribution >= 0.6 is 11.3 Å². The Kier molecular flexibility index (Phi) is 2.46. The van der Waals surface area contributed by atoms with Crippen molar-refractivity contribution in [1.82, 2.24) is 0 Å². The molecule has 0 saturated heterocycles. The van der Waals surface area contributed by atoms with Gasteiger partial charge in [0.05, 0.1) is 5.54 Å². The molecule has 64 valence electrons. The SMILES string of the molecule is Cc1cscc1C(C)(C)N=C=O. The summed E-state index contributed by atoms with van der Waals surface area (Å²) in [6.45, 7) is 5.84. The van der Waals surface area contributed by atoms with Crippen LogP contribution < -0.4 is 0 Å². The van der Waals surface area contributed by atoms with Gasteiger partial charge in [-0.1, -0.05) is 0 Å². The van der Waals surface area contributed by atoms with Gasteiger partial charge in [0.1, 0.15) is 0 Å². The van der Waals surface area contributed by atoms with Crippen molar-refractivity contribution in [1.29, 1.82) is 0 Å². The van der Waals surface area contributed by atoms with Gasteiger partial charge < -0.3 is 0 Å². The number of isocyanates is 1. The minimum atomic E-state index is -0.425. The van der Waals surface area contributed by atoms with Crippen molar-refractivity contribution in [2.75, 3.05) is 0 Å². The number of carbonyl (C=O) groups excluding carboxylic acids is 1. The van der Waals surface area contributed by atoms with Crippen LogP contribution in [0, 0.1) is 6.92 Å². The second-order valence-corrected chi connectivity index (χ2v) is 3.97. The molecule has 0 spiro atoms. The normalized spacial score (nSPS) is 10.9. The topological polar surface area (TPSA) is 29.4 Å². The molecule has 0 radical (unpaired) electrons. The Hall–Kier alpha value is -0.920. The van der Waals surface area contributed by atoms with E-state index in [1.54, 1.807) is 17.4 Å². The van der Waals surface area contributed by atoms with Crippen LogP contribution in [0.5, 0.6) is 0 Å². The standard InChI is InChI=1S/C9H11NOS/c1-7-4-12-5-8(7)9(2,3)10-6-11/h4-5H,1-3H3. The van der Waals surface area contributed by atoms with Crippen LogP contribution in [0.4, 0.5) is 0 Å². The van der Waals surface area contributed by atoms with Gasteiger partial charge in [0, 0.05) is 0 Å². The zero-order valence-electron chi connectivity index (χ0n) is 7.42. The van der Waals surface area contributed by atoms with E-state index in [2.05, 4.69) is 10.4 Å². The molecule has 1 aromatic heterocycles. The molecular formula is C9H11NOS. The Labute approximate surface area is 76.0 Å². The fraction of sp³-hybridized carbons (Fsp3) is 0.444. The summed E-state index contributed by atoms with van der Waals surface area (Å²) in [6.07, 6.45) is 1.60. The minimum absolute atomic E-state index is 0.425. The third-order valence-electron chi connectivity index (χ3n) is 1.84. The van der Waals surface area contributed by atoms with Gasteiger partial charge in [-0.05, 0) is 42.7 Å². The van der Waals surface area contributed by atoms with Gasteiger partial charge in [0.15, 0.2) is 0 Å². The number of nitrogens with zero attached hydrogens (tertiary/aromatic N) is 1. The summed E-state index contributed by atoms with van der Waals surface area (Å²) >= 11 is 1.63. The van der Waals surface area contributed by atoms with E-state index in [1.165, 1.54) is 5.56 Å². The van der Waals surface area contributed by atoms with E-state index in [4.69, 9.17) is 0 Å². The lowest BCUT2D eigenvalue weighted by molar-refractivity contribution is 0.522. The fourth-order valence-corrected chi connectivity index (χ4v) is 2.17. The Morgan fingerprint density at radius 2 is 2.17 bits per heavy atom. The molecule has 0 N–H and O–H groups in total. The van der Waals surface area contributed by atoms with Crippen molar-refractivity contribution in [2.24, 2.45) is 4.99 Å². The molecule has 0 unspecified atom stereocenters. The van der Waals surface area contributed by atoms with Gasteiger partial charge in [-0.25, -0.2) is 4.79 Å². The lowest BCUT2D eigenvalue weighted by Crippen LogP contribution is -2.13. The predicted octanol–water partition coefficient (Wildman–Crippen LogP) is 2.63. The molecule has 0 aliphatic carbocycles. The molecule has 1 rings (SSSR count). The first-order chi connectivity index (χ1) is 5.58. The molecule has 3 heteroatoms. The van der Waals surface area contributed by atoms with Crippen molar-refractivity contribution < 1.29 is 4.79 Å². The number of hydrogen-bond acceptors (Lipinski definition) is 3. The van der Waals surface area contributed by atoms with E-state index >= 15 is 0 Å². The maximum absolute atomic E-state index is 10.1. The highest BCUT2D eigenvalue weighted by molar-refractivity contribution is 7.08. The lowest BCUT2D eigenvalue weighted by atomic mass is 9.95. The Morgan fingerprint density at radius 1 is 1.50 bits per heavy atom. The number of thiophene rings is 1. The smallest absolute Gasteiger partial charge is 0.211 e. The molecule has 0 fully saturated rings. The molecule has 2 nitrogen and oxygen atoms in total. The van der Waals surface area contributed by atoms with E-state index in [9.17, 15) is 4.79 Å². The first-order valence-corrected chi connectivity index (χ1v) is 4.64. The van der Waals surface area contributed by atoms with E-state index < -0.39 is 5.54 Å². The fourth-order valence-electron chi connectivity index (χ4n) is 1.16. The molecule has 0 aliphatic rings. The van der Waals surface area contributed by atoms with Gasteiger partial charge in [0.2, 0.25) is 6.08 Å². The molecule has 0 saturated carbocycles. The molecule has 0 bridgehead atoms. The van der Waals surface area contributed by atoms with Gasteiger partial charge in [0.25, 0.3) is 0 Å². The highest BCUT2D eigenvalue weighted by atomic mass is 32.1. The van der Waals surface area contributed by atoms with E-state index in [-0.39, 0.29) is 0 Å². The summed E-state index contributed by atoms with van der Waals surface area (Å²) in [4.78, 5) is 13.9. The summed E-state index contributed by atoms with van der Waals surface area (Å²) < 4.78 is 0. The number of hydrogen-bond donors (Lipinski definition) is 0. The largest absolute Gasteiger partial charge is 0.235 e. The van der Waals surface area contributed by atoms with Crippen molar-refractivity contribution in [3.63, 3.8) is 0 Å². The monoisotopic (exact) mass is 181 g/mol. The molecule has 0 aliphatic heterocycles. The van der Waals surface area contributed by atoms with Crippen molar-refractivity contribution in [3.05, 3.63) is 21.9 Å². The molecule has 1 aromatic rings. The molecule has 0 atom stereocenters. The maximum atomic E-state index is 10.1. The van der Waals surface area contributed by atoms with E-state index in [0.717, 1.165) is 5.56 Å².